The molecule has 0 aliphatic rings. The zero-order valence-corrected chi connectivity index (χ0v) is 12.2. The molecule has 2 N–H and O–H groups in total. The van der Waals surface area contributed by atoms with Gasteiger partial charge < -0.3 is 10.2 Å². The van der Waals surface area contributed by atoms with Gasteiger partial charge in [-0.3, -0.25) is 0 Å². The molecule has 110 valence electrons. The molecule has 0 aromatic carbocycles. The van der Waals surface area contributed by atoms with E-state index < -0.39 is 0 Å². The van der Waals surface area contributed by atoms with E-state index in [1.165, 1.54) is 0 Å². The summed E-state index contributed by atoms with van der Waals surface area (Å²) in [5.41, 5.74) is 0. The molecule has 2 nitrogen and oxygen atoms in total. The van der Waals surface area contributed by atoms with Crippen LogP contribution in [0, 0.1) is 5.92 Å². The van der Waals surface area contributed by atoms with E-state index >= 15 is 0 Å². The van der Waals surface area contributed by atoms with Gasteiger partial charge in [-0.2, -0.15) is 0 Å². The molecular weight excluding hydrogens is 248 g/mol. The molecule has 0 amide bonds. The largest absolute Gasteiger partial charge is 0.396 e. The summed E-state index contributed by atoms with van der Waals surface area (Å²) in [7, 11) is 0. The Morgan fingerprint density at radius 3 is 1.95 bits per heavy atom. The molecule has 0 aliphatic carbocycles. The standard InChI is InChI=1S/C18H26O2/c1-2-3-4-5-6-7-8-9-10-11-12-13-14-18(17-20)15-16-19/h2-7,9-14,18-20H,8,15-17H2,1H3. The van der Waals surface area contributed by atoms with Gasteiger partial charge in [-0.25, -0.2) is 0 Å². The number of allylic oxidation sites excluding steroid dienone is 11. The van der Waals surface area contributed by atoms with Crippen LogP contribution >= 0.6 is 0 Å². The lowest BCUT2D eigenvalue weighted by Gasteiger charge is -2.04. The molecule has 0 radical (unpaired) electrons. The van der Waals surface area contributed by atoms with Gasteiger partial charge >= 0.3 is 0 Å². The maximum atomic E-state index is 9.02. The predicted octanol–water partition coefficient (Wildman–Crippen LogP) is 3.72. The Morgan fingerprint density at radius 2 is 1.40 bits per heavy atom. The van der Waals surface area contributed by atoms with Crippen molar-refractivity contribution in [3.63, 3.8) is 0 Å². The quantitative estimate of drug-likeness (QED) is 0.596. The summed E-state index contributed by atoms with van der Waals surface area (Å²) in [6.07, 6.45) is 25.3. The van der Waals surface area contributed by atoms with Crippen LogP contribution in [-0.2, 0) is 0 Å². The van der Waals surface area contributed by atoms with Crippen LogP contribution in [0.1, 0.15) is 19.8 Å². The highest BCUT2D eigenvalue weighted by atomic mass is 16.3. The Labute approximate surface area is 122 Å². The molecule has 0 aromatic heterocycles. The Morgan fingerprint density at radius 1 is 0.800 bits per heavy atom. The number of aliphatic hydroxyl groups excluding tert-OH is 2. The molecule has 0 spiro atoms. The molecular formula is C18H26O2. The van der Waals surface area contributed by atoms with Crippen molar-refractivity contribution in [2.24, 2.45) is 5.92 Å². The third-order valence-electron chi connectivity index (χ3n) is 2.52. The topological polar surface area (TPSA) is 40.5 Å². The van der Waals surface area contributed by atoms with Crippen LogP contribution in [0.15, 0.2) is 72.9 Å². The van der Waals surface area contributed by atoms with E-state index in [0.29, 0.717) is 6.42 Å². The summed E-state index contributed by atoms with van der Waals surface area (Å²) in [5, 5.41) is 17.8. The second-order valence-corrected chi connectivity index (χ2v) is 4.23. The molecule has 0 rings (SSSR count). The summed E-state index contributed by atoms with van der Waals surface area (Å²) >= 11 is 0. The lowest BCUT2D eigenvalue weighted by molar-refractivity contribution is 0.208. The molecule has 0 saturated heterocycles. The highest BCUT2D eigenvalue weighted by Crippen LogP contribution is 2.02. The minimum atomic E-state index is 0.0421. The van der Waals surface area contributed by atoms with Crippen molar-refractivity contribution < 1.29 is 10.2 Å². The van der Waals surface area contributed by atoms with Gasteiger partial charge in [0.05, 0.1) is 0 Å². The fourth-order valence-corrected chi connectivity index (χ4v) is 1.40. The first-order valence-corrected chi connectivity index (χ1v) is 7.01. The van der Waals surface area contributed by atoms with Gasteiger partial charge in [0.15, 0.2) is 0 Å². The molecule has 0 fully saturated rings. The summed E-state index contributed by atoms with van der Waals surface area (Å²) in [5.74, 6) is 0.0421. The van der Waals surface area contributed by atoms with E-state index in [0.717, 1.165) is 6.42 Å². The lowest BCUT2D eigenvalue weighted by atomic mass is 10.1. The smallest absolute Gasteiger partial charge is 0.0494 e. The van der Waals surface area contributed by atoms with Crippen molar-refractivity contribution in [1.29, 1.82) is 0 Å². The maximum Gasteiger partial charge on any atom is 0.0494 e. The van der Waals surface area contributed by atoms with E-state index in [-0.39, 0.29) is 19.1 Å². The monoisotopic (exact) mass is 274 g/mol. The van der Waals surface area contributed by atoms with Crippen LogP contribution in [0.4, 0.5) is 0 Å². The number of aliphatic hydroxyl groups is 2. The number of hydrogen-bond donors (Lipinski definition) is 2. The molecule has 0 heterocycles. The third-order valence-corrected chi connectivity index (χ3v) is 2.52. The van der Waals surface area contributed by atoms with E-state index in [1.54, 1.807) is 0 Å². The van der Waals surface area contributed by atoms with Gasteiger partial charge in [-0.15, -0.1) is 0 Å². The van der Waals surface area contributed by atoms with Gasteiger partial charge in [0, 0.05) is 19.1 Å². The van der Waals surface area contributed by atoms with Gasteiger partial charge in [0.2, 0.25) is 0 Å². The molecule has 0 bridgehead atoms. The van der Waals surface area contributed by atoms with Gasteiger partial charge in [-0.1, -0.05) is 72.9 Å². The average Bonchev–Trinajstić information content (AvgIpc) is 2.47. The van der Waals surface area contributed by atoms with Gasteiger partial charge in [-0.05, 0) is 19.8 Å². The molecule has 0 aromatic rings. The Hall–Kier alpha value is -1.64. The second kappa shape index (κ2) is 15.4. The van der Waals surface area contributed by atoms with E-state index in [9.17, 15) is 0 Å². The minimum Gasteiger partial charge on any atom is -0.396 e. The molecule has 0 saturated carbocycles. The van der Waals surface area contributed by atoms with E-state index in [4.69, 9.17) is 10.2 Å². The SMILES string of the molecule is CC=CC=CC=CCC=CC=CC=CC(CO)CCO. The summed E-state index contributed by atoms with van der Waals surface area (Å²) in [4.78, 5) is 0. The first-order chi connectivity index (χ1) is 9.85. The van der Waals surface area contributed by atoms with Crippen molar-refractivity contribution in [1.82, 2.24) is 0 Å². The Bertz CT molecular complexity index is 371. The zero-order valence-electron chi connectivity index (χ0n) is 12.2. The lowest BCUT2D eigenvalue weighted by Crippen LogP contribution is -2.04. The Kier molecular flexibility index (Phi) is 14.2. The van der Waals surface area contributed by atoms with Crippen LogP contribution in [0.3, 0.4) is 0 Å². The van der Waals surface area contributed by atoms with Crippen LogP contribution in [0.25, 0.3) is 0 Å². The fourth-order valence-electron chi connectivity index (χ4n) is 1.40. The fraction of sp³-hybridized carbons (Fsp3) is 0.333. The first kappa shape index (κ1) is 18.4. The molecule has 20 heavy (non-hydrogen) atoms. The Balaban J connectivity index is 3.83. The van der Waals surface area contributed by atoms with Crippen LogP contribution in [-0.4, -0.2) is 23.4 Å². The van der Waals surface area contributed by atoms with Gasteiger partial charge in [0.1, 0.15) is 0 Å². The molecule has 2 heteroatoms. The zero-order chi connectivity index (χ0) is 14.9. The summed E-state index contributed by atoms with van der Waals surface area (Å²) < 4.78 is 0. The van der Waals surface area contributed by atoms with Crippen molar-refractivity contribution in [3.05, 3.63) is 72.9 Å². The molecule has 1 atom stereocenters. The van der Waals surface area contributed by atoms with Crippen molar-refractivity contribution in [2.45, 2.75) is 19.8 Å². The second-order valence-electron chi connectivity index (χ2n) is 4.23. The third kappa shape index (κ3) is 12.8. The summed E-state index contributed by atoms with van der Waals surface area (Å²) in [6.45, 7) is 2.17. The van der Waals surface area contributed by atoms with Crippen molar-refractivity contribution in [2.75, 3.05) is 13.2 Å². The van der Waals surface area contributed by atoms with E-state index in [1.807, 2.05) is 67.7 Å². The highest BCUT2D eigenvalue weighted by molar-refractivity contribution is 5.14. The number of rotatable bonds is 10. The average molecular weight is 274 g/mol. The van der Waals surface area contributed by atoms with Crippen LogP contribution in [0.2, 0.25) is 0 Å². The molecule has 0 aliphatic heterocycles. The van der Waals surface area contributed by atoms with Crippen LogP contribution < -0.4 is 0 Å². The predicted molar refractivity (Wildman–Crippen MR) is 87.4 cm³/mol. The maximum absolute atomic E-state index is 9.02. The summed E-state index contributed by atoms with van der Waals surface area (Å²) in [6, 6.07) is 0. The highest BCUT2D eigenvalue weighted by Gasteiger charge is 1.99. The minimum absolute atomic E-state index is 0.0421. The first-order valence-electron chi connectivity index (χ1n) is 7.01. The van der Waals surface area contributed by atoms with Crippen molar-refractivity contribution >= 4 is 0 Å². The van der Waals surface area contributed by atoms with Gasteiger partial charge in [0.25, 0.3) is 0 Å². The van der Waals surface area contributed by atoms with E-state index in [2.05, 4.69) is 12.2 Å². The number of hydrogen-bond acceptors (Lipinski definition) is 2. The normalized spacial score (nSPS) is 15.2. The molecule has 1 unspecified atom stereocenters. The van der Waals surface area contributed by atoms with Crippen LogP contribution in [0.5, 0.6) is 0 Å². The van der Waals surface area contributed by atoms with Crippen molar-refractivity contribution in [3.8, 4) is 0 Å².